The fourth-order valence-electron chi connectivity index (χ4n) is 2.31. The molecule has 0 unspecified atom stereocenters. The highest BCUT2D eigenvalue weighted by Gasteiger charge is 2.37. The number of nitrogens with one attached hydrogen (secondary N) is 1. The zero-order valence-corrected chi connectivity index (χ0v) is 19.6. The van der Waals surface area contributed by atoms with E-state index in [0.29, 0.717) is 0 Å². The molecular weight excluding hydrogens is 494 g/mol. The van der Waals surface area contributed by atoms with Gasteiger partial charge >= 0.3 is 12.1 Å². The molecule has 1 aromatic rings. The molecule has 0 aliphatic carbocycles. The first-order chi connectivity index (χ1) is 14.6. The van der Waals surface area contributed by atoms with Gasteiger partial charge in [-0.05, 0) is 36.8 Å². The standard InChI is InChI=1S/C20H20Cl2F3NO5S/c1-5-32(29,30)17-7-6-15(21)9-14(17)10-26-19(28)11(2)8-16(22)18(31-13(4)27)12(3)20(23,24)25/h6-9H,3,5,10H2,1-2,4H3,(H,26,28)/b11-8+,18-16-. The van der Waals surface area contributed by atoms with E-state index in [1.165, 1.54) is 32.0 Å². The molecule has 0 heterocycles. The van der Waals surface area contributed by atoms with Gasteiger partial charge < -0.3 is 10.1 Å². The number of esters is 1. The number of ether oxygens (including phenoxy) is 1. The maximum Gasteiger partial charge on any atom is 0.419 e. The van der Waals surface area contributed by atoms with Gasteiger partial charge in [-0.15, -0.1) is 0 Å². The highest BCUT2D eigenvalue weighted by Crippen LogP contribution is 2.33. The van der Waals surface area contributed by atoms with E-state index in [1.54, 1.807) is 0 Å². The lowest BCUT2D eigenvalue weighted by atomic mass is 10.1. The van der Waals surface area contributed by atoms with Gasteiger partial charge in [-0.25, -0.2) is 8.42 Å². The first kappa shape index (κ1) is 27.7. The summed E-state index contributed by atoms with van der Waals surface area (Å²) in [4.78, 5) is 23.5. The minimum absolute atomic E-state index is 0.0112. The first-order valence-electron chi connectivity index (χ1n) is 8.92. The molecule has 0 spiro atoms. The average Bonchev–Trinajstić information content (AvgIpc) is 2.68. The van der Waals surface area contributed by atoms with Gasteiger partial charge in [-0.3, -0.25) is 9.59 Å². The molecule has 0 radical (unpaired) electrons. The molecule has 0 atom stereocenters. The van der Waals surface area contributed by atoms with Crippen molar-refractivity contribution in [1.82, 2.24) is 5.32 Å². The van der Waals surface area contributed by atoms with Crippen LogP contribution in [0.5, 0.6) is 0 Å². The molecule has 0 bridgehead atoms. The number of amides is 1. The summed E-state index contributed by atoms with van der Waals surface area (Å²) in [5, 5.41) is 2.02. The molecule has 0 aromatic heterocycles. The molecule has 32 heavy (non-hydrogen) atoms. The molecule has 176 valence electrons. The molecule has 0 aliphatic heterocycles. The first-order valence-corrected chi connectivity index (χ1v) is 11.3. The number of carbonyl (C=O) groups is 2. The van der Waals surface area contributed by atoms with Crippen LogP contribution < -0.4 is 5.32 Å². The number of alkyl halides is 3. The van der Waals surface area contributed by atoms with E-state index in [9.17, 15) is 31.2 Å². The minimum atomic E-state index is -4.93. The smallest absolute Gasteiger partial charge is 0.419 e. The second kappa shape index (κ2) is 11.0. The average molecular weight is 514 g/mol. The monoisotopic (exact) mass is 513 g/mol. The number of benzene rings is 1. The molecule has 0 fully saturated rings. The fraction of sp³-hybridized carbons (Fsp3) is 0.300. The Morgan fingerprint density at radius 2 is 1.84 bits per heavy atom. The van der Waals surface area contributed by atoms with Crippen molar-refractivity contribution < 1.29 is 35.9 Å². The van der Waals surface area contributed by atoms with Crippen LogP contribution in [0.3, 0.4) is 0 Å². The highest BCUT2D eigenvalue weighted by molar-refractivity contribution is 7.91. The molecule has 1 N–H and O–H groups in total. The molecule has 6 nitrogen and oxygen atoms in total. The topological polar surface area (TPSA) is 89.5 Å². The Morgan fingerprint density at radius 1 is 1.25 bits per heavy atom. The van der Waals surface area contributed by atoms with E-state index in [4.69, 9.17) is 23.2 Å². The fourth-order valence-corrected chi connectivity index (χ4v) is 3.94. The van der Waals surface area contributed by atoms with Crippen LogP contribution in [-0.2, 0) is 30.7 Å². The van der Waals surface area contributed by atoms with Crippen LogP contribution in [0.25, 0.3) is 0 Å². The summed E-state index contributed by atoms with van der Waals surface area (Å²) in [6.45, 7) is 6.20. The van der Waals surface area contributed by atoms with Crippen molar-refractivity contribution in [2.75, 3.05) is 5.75 Å². The van der Waals surface area contributed by atoms with Crippen molar-refractivity contribution in [1.29, 1.82) is 0 Å². The third kappa shape index (κ3) is 7.68. The normalized spacial score (nSPS) is 13.3. The number of hydrogen-bond acceptors (Lipinski definition) is 5. The van der Waals surface area contributed by atoms with Crippen molar-refractivity contribution in [3.05, 3.63) is 63.4 Å². The van der Waals surface area contributed by atoms with Crippen LogP contribution >= 0.6 is 23.2 Å². The lowest BCUT2D eigenvalue weighted by Crippen LogP contribution is -2.25. The number of hydrogen-bond donors (Lipinski definition) is 1. The zero-order valence-electron chi connectivity index (χ0n) is 17.3. The van der Waals surface area contributed by atoms with E-state index >= 15 is 0 Å². The Bertz CT molecular complexity index is 1090. The Balaban J connectivity index is 3.20. The molecule has 1 rings (SSSR count). The van der Waals surface area contributed by atoms with Crippen LogP contribution in [0.15, 0.2) is 57.7 Å². The summed E-state index contributed by atoms with van der Waals surface area (Å²) in [6.07, 6.45) is -4.06. The lowest BCUT2D eigenvalue weighted by molar-refractivity contribution is -0.138. The van der Waals surface area contributed by atoms with Crippen LogP contribution in [0.4, 0.5) is 13.2 Å². The van der Waals surface area contributed by atoms with Crippen molar-refractivity contribution in [3.8, 4) is 0 Å². The molecule has 0 aliphatic rings. The Morgan fingerprint density at radius 3 is 2.34 bits per heavy atom. The van der Waals surface area contributed by atoms with Gasteiger partial charge in [0.05, 0.1) is 21.3 Å². The van der Waals surface area contributed by atoms with E-state index in [0.717, 1.165) is 13.0 Å². The lowest BCUT2D eigenvalue weighted by Gasteiger charge is -2.14. The second-order valence-corrected chi connectivity index (χ2v) is 9.50. The Hall–Kier alpha value is -2.30. The van der Waals surface area contributed by atoms with Gasteiger partial charge in [0.2, 0.25) is 5.91 Å². The van der Waals surface area contributed by atoms with Crippen molar-refractivity contribution in [2.24, 2.45) is 0 Å². The SMILES string of the molecule is C=C(/C(OC(C)=O)=C(Cl)\C=C(/C)C(=O)NCc1cc(Cl)ccc1S(=O)(=O)CC)C(F)(F)F. The second-order valence-electron chi connectivity index (χ2n) is 6.41. The van der Waals surface area contributed by atoms with E-state index in [1.807, 2.05) is 0 Å². The van der Waals surface area contributed by atoms with Crippen molar-refractivity contribution >= 4 is 44.9 Å². The Kier molecular flexibility index (Phi) is 9.55. The summed E-state index contributed by atoms with van der Waals surface area (Å²) in [6, 6.07) is 4.09. The number of rotatable bonds is 8. The molecule has 1 amide bonds. The zero-order chi connectivity index (χ0) is 24.9. The largest absolute Gasteiger partial charge is 0.424 e. The van der Waals surface area contributed by atoms with Gasteiger partial charge in [0.15, 0.2) is 15.6 Å². The maximum atomic E-state index is 13.0. The van der Waals surface area contributed by atoms with Gasteiger partial charge in [0.1, 0.15) is 0 Å². The molecule has 0 saturated carbocycles. The maximum absolute atomic E-state index is 13.0. The molecular formula is C20H20Cl2F3NO5S. The van der Waals surface area contributed by atoms with E-state index < -0.39 is 44.3 Å². The van der Waals surface area contributed by atoms with Crippen LogP contribution in [0.2, 0.25) is 5.02 Å². The number of halogens is 5. The van der Waals surface area contributed by atoms with Gasteiger partial charge in [-0.1, -0.05) is 36.7 Å². The summed E-state index contributed by atoms with van der Waals surface area (Å²) in [5.41, 5.74) is -1.42. The summed E-state index contributed by atoms with van der Waals surface area (Å²) in [7, 11) is -3.60. The summed E-state index contributed by atoms with van der Waals surface area (Å²) >= 11 is 11.8. The molecule has 1 aromatic carbocycles. The minimum Gasteiger partial charge on any atom is -0.424 e. The van der Waals surface area contributed by atoms with Gasteiger partial charge in [-0.2, -0.15) is 13.2 Å². The third-order valence-electron chi connectivity index (χ3n) is 3.96. The van der Waals surface area contributed by atoms with Crippen LogP contribution in [0.1, 0.15) is 26.3 Å². The molecule has 0 saturated heterocycles. The number of sulfone groups is 1. The van der Waals surface area contributed by atoms with E-state index in [-0.39, 0.29) is 33.4 Å². The van der Waals surface area contributed by atoms with Gasteiger partial charge in [0, 0.05) is 24.1 Å². The van der Waals surface area contributed by atoms with Crippen molar-refractivity contribution in [3.63, 3.8) is 0 Å². The van der Waals surface area contributed by atoms with Gasteiger partial charge in [0.25, 0.3) is 0 Å². The summed E-state index contributed by atoms with van der Waals surface area (Å²) in [5.74, 6) is -3.03. The van der Waals surface area contributed by atoms with Crippen LogP contribution in [0, 0.1) is 0 Å². The Labute approximate surface area is 193 Å². The number of carbonyl (C=O) groups excluding carboxylic acids is 2. The van der Waals surface area contributed by atoms with Crippen LogP contribution in [-0.4, -0.2) is 32.2 Å². The predicted octanol–water partition coefficient (Wildman–Crippen LogP) is 4.83. The summed E-state index contributed by atoms with van der Waals surface area (Å²) < 4.78 is 67.9. The number of allylic oxidation sites excluding steroid dienone is 3. The quantitative estimate of drug-likeness (QED) is 0.233. The predicted molar refractivity (Wildman–Crippen MR) is 115 cm³/mol. The molecule has 12 heteroatoms. The highest BCUT2D eigenvalue weighted by atomic mass is 35.5. The van der Waals surface area contributed by atoms with E-state index in [2.05, 4.69) is 16.6 Å². The third-order valence-corrected chi connectivity index (χ3v) is 6.30. The van der Waals surface area contributed by atoms with Crippen molar-refractivity contribution in [2.45, 2.75) is 38.4 Å².